The molecule has 0 unspecified atom stereocenters. The molecule has 0 fully saturated rings. The van der Waals surface area contributed by atoms with Gasteiger partial charge < -0.3 is 5.11 Å². The summed E-state index contributed by atoms with van der Waals surface area (Å²) in [5.41, 5.74) is -2.39. The van der Waals surface area contributed by atoms with Crippen LogP contribution in [0.25, 0.3) is 0 Å². The number of hydrogen-bond acceptors (Lipinski definition) is 3. The summed E-state index contributed by atoms with van der Waals surface area (Å²) in [5.74, 6) is -1.33. The summed E-state index contributed by atoms with van der Waals surface area (Å²) in [6, 6.07) is 0.253. The lowest BCUT2D eigenvalue weighted by molar-refractivity contribution is -0.141. The summed E-state index contributed by atoms with van der Waals surface area (Å²) < 4.78 is 36.7. The largest absolute Gasteiger partial charge is 0.480 e. The molecule has 0 spiro atoms. The fraction of sp³-hybridized carbons (Fsp3) is 0.286. The second kappa shape index (κ2) is 3.71. The molecule has 8 heteroatoms. The van der Waals surface area contributed by atoms with Gasteiger partial charge in [-0.3, -0.25) is 14.2 Å². The number of halogens is 3. The molecular formula is C7H5F3N2O3. The Morgan fingerprint density at radius 2 is 2.13 bits per heavy atom. The molecule has 15 heavy (non-hydrogen) atoms. The van der Waals surface area contributed by atoms with E-state index in [4.69, 9.17) is 5.11 Å². The fourth-order valence-corrected chi connectivity index (χ4v) is 0.845. The third-order valence-electron chi connectivity index (χ3n) is 1.48. The van der Waals surface area contributed by atoms with Crippen LogP contribution >= 0.6 is 0 Å². The number of aliphatic carboxylic acids is 1. The number of alkyl halides is 3. The molecule has 1 aromatic rings. The minimum atomic E-state index is -4.71. The monoisotopic (exact) mass is 222 g/mol. The first-order valence-corrected chi connectivity index (χ1v) is 3.66. The number of carboxylic acids is 1. The van der Waals surface area contributed by atoms with Gasteiger partial charge in [0.1, 0.15) is 6.54 Å². The molecule has 82 valence electrons. The molecule has 0 radical (unpaired) electrons. The average molecular weight is 222 g/mol. The number of aromatic nitrogens is 2. The van der Waals surface area contributed by atoms with E-state index in [1.165, 1.54) is 0 Å². The van der Waals surface area contributed by atoms with Crippen LogP contribution in [0.1, 0.15) is 5.69 Å². The van der Waals surface area contributed by atoms with Gasteiger partial charge in [-0.15, -0.1) is 0 Å². The molecule has 1 aromatic heterocycles. The highest BCUT2D eigenvalue weighted by Gasteiger charge is 2.33. The highest BCUT2D eigenvalue weighted by Crippen LogP contribution is 2.25. The van der Waals surface area contributed by atoms with Crippen molar-refractivity contribution >= 4 is 5.97 Å². The summed E-state index contributed by atoms with van der Waals surface area (Å²) in [5, 5.41) is 8.31. The standard InChI is InChI=1S/C7H5F3N2O3/c8-7(9,10)4-1-5(13)12(3-11-4)2-6(14)15/h1,3H,2H2,(H,14,15). The molecule has 1 heterocycles. The van der Waals surface area contributed by atoms with E-state index in [1.807, 2.05) is 0 Å². The Kier molecular flexibility index (Phi) is 2.78. The van der Waals surface area contributed by atoms with Crippen LogP contribution < -0.4 is 5.56 Å². The second-order valence-electron chi connectivity index (χ2n) is 2.63. The normalized spacial score (nSPS) is 11.4. The minimum Gasteiger partial charge on any atom is -0.480 e. The summed E-state index contributed by atoms with van der Waals surface area (Å²) in [6.07, 6.45) is -4.15. The van der Waals surface area contributed by atoms with E-state index in [-0.39, 0.29) is 6.07 Å². The maximum Gasteiger partial charge on any atom is 0.433 e. The SMILES string of the molecule is O=C(O)Cn1cnc(C(F)(F)F)cc1=O. The molecule has 0 aliphatic heterocycles. The molecule has 1 N–H and O–H groups in total. The number of carbonyl (C=O) groups is 1. The van der Waals surface area contributed by atoms with Crippen molar-refractivity contribution in [3.05, 3.63) is 28.4 Å². The van der Waals surface area contributed by atoms with Gasteiger partial charge in [-0.25, -0.2) is 4.98 Å². The number of rotatable bonds is 2. The number of hydrogen-bond donors (Lipinski definition) is 1. The fourth-order valence-electron chi connectivity index (χ4n) is 0.845. The van der Waals surface area contributed by atoms with Crippen LogP contribution in [0.15, 0.2) is 17.2 Å². The van der Waals surface area contributed by atoms with Crippen molar-refractivity contribution in [2.45, 2.75) is 12.7 Å². The first kappa shape index (κ1) is 11.2. The van der Waals surface area contributed by atoms with Crippen molar-refractivity contribution in [2.75, 3.05) is 0 Å². The van der Waals surface area contributed by atoms with E-state index < -0.39 is 29.9 Å². The molecule has 0 aliphatic carbocycles. The molecule has 0 saturated heterocycles. The van der Waals surface area contributed by atoms with Gasteiger partial charge in [0.05, 0.1) is 6.33 Å². The lowest BCUT2D eigenvalue weighted by Crippen LogP contribution is -2.26. The number of carboxylic acid groups (broad SMARTS) is 1. The molecule has 5 nitrogen and oxygen atoms in total. The Morgan fingerprint density at radius 3 is 2.53 bits per heavy atom. The van der Waals surface area contributed by atoms with E-state index in [9.17, 15) is 22.8 Å². The topological polar surface area (TPSA) is 72.2 Å². The van der Waals surface area contributed by atoms with Crippen molar-refractivity contribution in [3.63, 3.8) is 0 Å². The van der Waals surface area contributed by atoms with E-state index in [2.05, 4.69) is 4.98 Å². The summed E-state index contributed by atoms with van der Waals surface area (Å²) >= 11 is 0. The van der Waals surface area contributed by atoms with Crippen molar-refractivity contribution in [1.29, 1.82) is 0 Å². The van der Waals surface area contributed by atoms with Gasteiger partial charge in [-0.2, -0.15) is 13.2 Å². The molecule has 0 atom stereocenters. The average Bonchev–Trinajstić information content (AvgIpc) is 2.05. The first-order valence-electron chi connectivity index (χ1n) is 3.66. The summed E-state index contributed by atoms with van der Waals surface area (Å²) in [4.78, 5) is 24.1. The van der Waals surface area contributed by atoms with Gasteiger partial charge in [0.2, 0.25) is 0 Å². The zero-order valence-corrected chi connectivity index (χ0v) is 7.15. The van der Waals surface area contributed by atoms with Crippen LogP contribution in [0.4, 0.5) is 13.2 Å². The van der Waals surface area contributed by atoms with Crippen LogP contribution in [0.3, 0.4) is 0 Å². The lowest BCUT2D eigenvalue weighted by Gasteiger charge is -2.06. The highest BCUT2D eigenvalue weighted by atomic mass is 19.4. The van der Waals surface area contributed by atoms with Crippen LogP contribution in [0, 0.1) is 0 Å². The van der Waals surface area contributed by atoms with Crippen LogP contribution in [0.2, 0.25) is 0 Å². The van der Waals surface area contributed by atoms with E-state index in [1.54, 1.807) is 0 Å². The Balaban J connectivity index is 3.09. The first-order chi connectivity index (χ1) is 6.80. The molecule has 0 aliphatic rings. The number of nitrogens with zero attached hydrogens (tertiary/aromatic N) is 2. The molecule has 0 amide bonds. The molecule has 1 rings (SSSR count). The predicted octanol–water partition coefficient (Wildman–Crippen LogP) is 0.347. The molecule has 0 bridgehead atoms. The Labute approximate surface area is 80.8 Å². The Morgan fingerprint density at radius 1 is 1.53 bits per heavy atom. The van der Waals surface area contributed by atoms with Gasteiger partial charge in [0.15, 0.2) is 5.69 Å². The summed E-state index contributed by atoms with van der Waals surface area (Å²) in [7, 11) is 0. The van der Waals surface area contributed by atoms with Gasteiger partial charge in [0, 0.05) is 6.07 Å². The van der Waals surface area contributed by atoms with E-state index in [0.29, 0.717) is 10.9 Å². The van der Waals surface area contributed by atoms with Crippen molar-refractivity contribution in [1.82, 2.24) is 9.55 Å². The summed E-state index contributed by atoms with van der Waals surface area (Å²) in [6.45, 7) is -0.718. The zero-order chi connectivity index (χ0) is 11.6. The van der Waals surface area contributed by atoms with Crippen molar-refractivity contribution < 1.29 is 23.1 Å². The Hall–Kier alpha value is -1.86. The molecular weight excluding hydrogens is 217 g/mol. The van der Waals surface area contributed by atoms with Crippen molar-refractivity contribution in [2.24, 2.45) is 0 Å². The zero-order valence-electron chi connectivity index (χ0n) is 7.15. The Bertz CT molecular complexity index is 438. The van der Waals surface area contributed by atoms with E-state index in [0.717, 1.165) is 0 Å². The molecule has 0 saturated carbocycles. The predicted molar refractivity (Wildman–Crippen MR) is 41.1 cm³/mol. The van der Waals surface area contributed by atoms with Crippen molar-refractivity contribution in [3.8, 4) is 0 Å². The maximum atomic E-state index is 12.0. The van der Waals surface area contributed by atoms with Gasteiger partial charge in [-0.05, 0) is 0 Å². The lowest BCUT2D eigenvalue weighted by atomic mass is 10.4. The van der Waals surface area contributed by atoms with E-state index >= 15 is 0 Å². The third-order valence-corrected chi connectivity index (χ3v) is 1.48. The van der Waals surface area contributed by atoms with Gasteiger partial charge >= 0.3 is 12.1 Å². The quantitative estimate of drug-likeness (QED) is 0.783. The highest BCUT2D eigenvalue weighted by molar-refractivity contribution is 5.66. The minimum absolute atomic E-state index is 0.253. The maximum absolute atomic E-state index is 12.0. The van der Waals surface area contributed by atoms with Gasteiger partial charge in [-0.1, -0.05) is 0 Å². The van der Waals surface area contributed by atoms with Gasteiger partial charge in [0.25, 0.3) is 5.56 Å². The third kappa shape index (κ3) is 2.79. The second-order valence-corrected chi connectivity index (χ2v) is 2.63. The van der Waals surface area contributed by atoms with Crippen LogP contribution in [0.5, 0.6) is 0 Å². The van der Waals surface area contributed by atoms with Crippen LogP contribution in [-0.2, 0) is 17.5 Å². The van der Waals surface area contributed by atoms with Crippen LogP contribution in [-0.4, -0.2) is 20.6 Å². The molecule has 0 aromatic carbocycles. The smallest absolute Gasteiger partial charge is 0.433 e.